The maximum Gasteiger partial charge on any atom is 0.147 e. The summed E-state index contributed by atoms with van der Waals surface area (Å²) in [6, 6.07) is 0.441. The highest BCUT2D eigenvalue weighted by Gasteiger charge is 2.38. The number of morpholine rings is 1. The lowest BCUT2D eigenvalue weighted by atomic mass is 9.99. The van der Waals surface area contributed by atoms with Crippen LogP contribution in [0.2, 0.25) is 0 Å². The Morgan fingerprint density at radius 3 is 2.38 bits per heavy atom. The predicted molar refractivity (Wildman–Crippen MR) is 85.5 cm³/mol. The van der Waals surface area contributed by atoms with Gasteiger partial charge in [0.1, 0.15) is 5.82 Å². The van der Waals surface area contributed by atoms with Crippen LogP contribution in [0.25, 0.3) is 0 Å². The minimum atomic E-state index is -0.185. The van der Waals surface area contributed by atoms with Crippen LogP contribution in [-0.4, -0.2) is 40.3 Å². The lowest BCUT2D eigenvalue weighted by Gasteiger charge is -2.47. The maximum absolute atomic E-state index is 6.12. The molecule has 0 radical (unpaired) electrons. The molecule has 0 bridgehead atoms. The van der Waals surface area contributed by atoms with Crippen molar-refractivity contribution in [2.75, 3.05) is 18.0 Å². The number of ether oxygens (including phenoxy) is 1. The molecule has 1 aliphatic rings. The van der Waals surface area contributed by atoms with Crippen molar-refractivity contribution in [2.45, 2.75) is 65.3 Å². The van der Waals surface area contributed by atoms with E-state index in [1.165, 1.54) is 0 Å². The smallest absolute Gasteiger partial charge is 0.147 e. The zero-order chi connectivity index (χ0) is 15.7. The average Bonchev–Trinajstić information content (AvgIpc) is 2.33. The third-order valence-electron chi connectivity index (χ3n) is 3.38. The molecule has 0 saturated carbocycles. The van der Waals surface area contributed by atoms with Crippen LogP contribution in [-0.2, 0) is 11.3 Å². The summed E-state index contributed by atoms with van der Waals surface area (Å²) < 4.78 is 6.12. The van der Waals surface area contributed by atoms with Gasteiger partial charge in [0.25, 0.3) is 0 Å². The molecule has 0 spiro atoms. The van der Waals surface area contributed by atoms with Gasteiger partial charge in [-0.2, -0.15) is 0 Å². The van der Waals surface area contributed by atoms with E-state index < -0.39 is 0 Å². The summed E-state index contributed by atoms with van der Waals surface area (Å²) in [5, 5.41) is 3.38. The van der Waals surface area contributed by atoms with E-state index in [0.29, 0.717) is 6.04 Å². The van der Waals surface area contributed by atoms with Gasteiger partial charge in [0.05, 0.1) is 23.1 Å². The van der Waals surface area contributed by atoms with Gasteiger partial charge in [-0.3, -0.25) is 4.98 Å². The first-order valence-electron chi connectivity index (χ1n) is 7.66. The summed E-state index contributed by atoms with van der Waals surface area (Å²) in [6.45, 7) is 15.1. The highest BCUT2D eigenvalue weighted by atomic mass is 16.5. The first kappa shape index (κ1) is 16.2. The maximum atomic E-state index is 6.12. The molecule has 1 aromatic rings. The second-order valence-electron chi connectivity index (χ2n) is 7.38. The van der Waals surface area contributed by atoms with Crippen molar-refractivity contribution in [2.24, 2.45) is 0 Å². The lowest BCUT2D eigenvalue weighted by molar-refractivity contribution is -0.133. The van der Waals surface area contributed by atoms with Crippen molar-refractivity contribution < 1.29 is 4.74 Å². The third-order valence-corrected chi connectivity index (χ3v) is 3.38. The molecule has 0 aliphatic carbocycles. The Bertz CT molecular complexity index is 469. The lowest BCUT2D eigenvalue weighted by Crippen LogP contribution is -2.57. The van der Waals surface area contributed by atoms with Crippen LogP contribution in [0, 0.1) is 0 Å². The molecule has 1 aliphatic heterocycles. The monoisotopic (exact) mass is 292 g/mol. The molecule has 2 rings (SSSR count). The SMILES string of the molecule is CC(C)NCc1cncc(N2CC(C)(C)OC(C)(C)C2)n1. The van der Waals surface area contributed by atoms with Gasteiger partial charge >= 0.3 is 0 Å². The number of aromatic nitrogens is 2. The topological polar surface area (TPSA) is 50.3 Å². The molecular weight excluding hydrogens is 264 g/mol. The van der Waals surface area contributed by atoms with E-state index in [4.69, 9.17) is 9.72 Å². The Morgan fingerprint density at radius 1 is 1.19 bits per heavy atom. The predicted octanol–water partition coefficient (Wildman–Crippen LogP) is 2.37. The minimum absolute atomic E-state index is 0.185. The zero-order valence-corrected chi connectivity index (χ0v) is 14.1. The standard InChI is InChI=1S/C16H28N4O/c1-12(2)18-8-13-7-17-9-14(19-13)20-10-15(3,4)21-16(5,6)11-20/h7,9,12,18H,8,10-11H2,1-6H3. The van der Waals surface area contributed by atoms with E-state index in [0.717, 1.165) is 31.1 Å². The van der Waals surface area contributed by atoms with Crippen LogP contribution >= 0.6 is 0 Å². The average molecular weight is 292 g/mol. The molecule has 0 aromatic carbocycles. The van der Waals surface area contributed by atoms with E-state index in [2.05, 4.69) is 56.7 Å². The molecular formula is C16H28N4O. The fourth-order valence-corrected chi connectivity index (χ4v) is 2.89. The molecule has 0 atom stereocenters. The molecule has 1 fully saturated rings. The largest absolute Gasteiger partial charge is 0.366 e. The Hall–Kier alpha value is -1.20. The normalized spacial score (nSPS) is 20.8. The second kappa shape index (κ2) is 5.89. The molecule has 21 heavy (non-hydrogen) atoms. The van der Waals surface area contributed by atoms with Crippen LogP contribution in [0.3, 0.4) is 0 Å². The van der Waals surface area contributed by atoms with Crippen LogP contribution in [0.5, 0.6) is 0 Å². The molecule has 1 N–H and O–H groups in total. The van der Waals surface area contributed by atoms with E-state index in [9.17, 15) is 0 Å². The van der Waals surface area contributed by atoms with E-state index >= 15 is 0 Å². The summed E-state index contributed by atoms with van der Waals surface area (Å²) in [4.78, 5) is 11.4. The Morgan fingerprint density at radius 2 is 1.81 bits per heavy atom. The fourth-order valence-electron chi connectivity index (χ4n) is 2.89. The molecule has 2 heterocycles. The van der Waals surface area contributed by atoms with Gasteiger partial charge in [-0.05, 0) is 27.7 Å². The summed E-state index contributed by atoms with van der Waals surface area (Å²) >= 11 is 0. The zero-order valence-electron chi connectivity index (χ0n) is 14.1. The number of hydrogen-bond donors (Lipinski definition) is 1. The van der Waals surface area contributed by atoms with Crippen LogP contribution in [0.15, 0.2) is 12.4 Å². The molecule has 1 saturated heterocycles. The van der Waals surface area contributed by atoms with Gasteiger partial charge in [0, 0.05) is 31.9 Å². The van der Waals surface area contributed by atoms with Crippen molar-refractivity contribution in [1.82, 2.24) is 15.3 Å². The highest BCUT2D eigenvalue weighted by molar-refractivity contribution is 5.38. The first-order chi connectivity index (χ1) is 9.67. The Balaban J connectivity index is 2.15. The minimum Gasteiger partial charge on any atom is -0.366 e. The summed E-state index contributed by atoms with van der Waals surface area (Å²) in [6.07, 6.45) is 3.67. The Kier molecular flexibility index (Phi) is 4.54. The van der Waals surface area contributed by atoms with Gasteiger partial charge in [-0.1, -0.05) is 13.8 Å². The summed E-state index contributed by atoms with van der Waals surface area (Å²) in [5.74, 6) is 0.933. The van der Waals surface area contributed by atoms with Gasteiger partial charge in [0.2, 0.25) is 0 Å². The molecule has 5 heteroatoms. The van der Waals surface area contributed by atoms with E-state index in [-0.39, 0.29) is 11.2 Å². The summed E-state index contributed by atoms with van der Waals surface area (Å²) in [7, 11) is 0. The van der Waals surface area contributed by atoms with Crippen LogP contribution < -0.4 is 10.2 Å². The van der Waals surface area contributed by atoms with Gasteiger partial charge in [0.15, 0.2) is 0 Å². The summed E-state index contributed by atoms with van der Waals surface area (Å²) in [5.41, 5.74) is 0.605. The van der Waals surface area contributed by atoms with Crippen molar-refractivity contribution >= 4 is 5.82 Å². The van der Waals surface area contributed by atoms with Crippen LogP contribution in [0.1, 0.15) is 47.2 Å². The molecule has 0 unspecified atom stereocenters. The molecule has 0 amide bonds. The highest BCUT2D eigenvalue weighted by Crippen LogP contribution is 2.30. The van der Waals surface area contributed by atoms with Gasteiger partial charge in [-0.25, -0.2) is 4.98 Å². The third kappa shape index (κ3) is 4.64. The number of nitrogens with one attached hydrogen (secondary N) is 1. The molecule has 118 valence electrons. The van der Waals surface area contributed by atoms with E-state index in [1.807, 2.05) is 12.4 Å². The number of hydrogen-bond acceptors (Lipinski definition) is 5. The fraction of sp³-hybridized carbons (Fsp3) is 0.750. The van der Waals surface area contributed by atoms with Crippen molar-refractivity contribution in [1.29, 1.82) is 0 Å². The van der Waals surface area contributed by atoms with Gasteiger partial charge < -0.3 is 15.0 Å². The Labute approximate surface area is 128 Å². The number of nitrogens with zero attached hydrogens (tertiary/aromatic N) is 3. The second-order valence-corrected chi connectivity index (χ2v) is 7.38. The first-order valence-corrected chi connectivity index (χ1v) is 7.66. The quantitative estimate of drug-likeness (QED) is 0.923. The number of rotatable bonds is 4. The van der Waals surface area contributed by atoms with Crippen molar-refractivity contribution in [3.05, 3.63) is 18.1 Å². The van der Waals surface area contributed by atoms with Crippen LogP contribution in [0.4, 0.5) is 5.82 Å². The molecule has 5 nitrogen and oxygen atoms in total. The number of anilines is 1. The van der Waals surface area contributed by atoms with Gasteiger partial charge in [-0.15, -0.1) is 0 Å². The van der Waals surface area contributed by atoms with Crippen molar-refractivity contribution in [3.63, 3.8) is 0 Å². The van der Waals surface area contributed by atoms with Crippen molar-refractivity contribution in [3.8, 4) is 0 Å². The van der Waals surface area contributed by atoms with E-state index in [1.54, 1.807) is 0 Å². The molecule has 1 aromatic heterocycles.